The van der Waals surface area contributed by atoms with Crippen molar-refractivity contribution in [3.05, 3.63) is 89.5 Å². The highest BCUT2D eigenvalue weighted by Crippen LogP contribution is 2.43. The zero-order valence-electron chi connectivity index (χ0n) is 21.0. The molecule has 1 saturated heterocycles. The third-order valence-electron chi connectivity index (χ3n) is 5.80. The van der Waals surface area contributed by atoms with E-state index in [9.17, 15) is 19.5 Å². The van der Waals surface area contributed by atoms with Gasteiger partial charge in [0.15, 0.2) is 0 Å². The number of hydrogen-bond donors (Lipinski definition) is 2. The van der Waals surface area contributed by atoms with Gasteiger partial charge in [-0.15, -0.1) is 0 Å². The number of carbonyl (C=O) groups excluding carboxylic acids is 3. The van der Waals surface area contributed by atoms with Crippen molar-refractivity contribution >= 4 is 34.7 Å². The number of nitrogens with one attached hydrogen (secondary N) is 1. The number of anilines is 2. The van der Waals surface area contributed by atoms with Crippen molar-refractivity contribution in [2.75, 3.05) is 17.3 Å². The van der Waals surface area contributed by atoms with Crippen molar-refractivity contribution in [3.63, 3.8) is 0 Å². The van der Waals surface area contributed by atoms with Gasteiger partial charge in [0.1, 0.15) is 17.3 Å². The molecular weight excluding hydrogens is 472 g/mol. The molecule has 0 aromatic heterocycles. The van der Waals surface area contributed by atoms with Gasteiger partial charge in [-0.1, -0.05) is 18.2 Å². The van der Waals surface area contributed by atoms with Crippen LogP contribution in [0, 0.1) is 0 Å². The van der Waals surface area contributed by atoms with E-state index >= 15 is 0 Å². The van der Waals surface area contributed by atoms with Crippen LogP contribution in [0.1, 0.15) is 37.9 Å². The van der Waals surface area contributed by atoms with Crippen molar-refractivity contribution in [3.8, 4) is 11.5 Å². The van der Waals surface area contributed by atoms with E-state index in [1.54, 1.807) is 72.8 Å². The normalized spacial score (nSPS) is 16.7. The molecule has 8 heteroatoms. The van der Waals surface area contributed by atoms with Gasteiger partial charge in [-0.2, -0.15) is 0 Å². The second-order valence-corrected chi connectivity index (χ2v) is 8.87. The Balaban J connectivity index is 1.87. The Bertz CT molecular complexity index is 1380. The quantitative estimate of drug-likeness (QED) is 0.267. The monoisotopic (exact) mass is 500 g/mol. The molecule has 3 aromatic carbocycles. The van der Waals surface area contributed by atoms with Crippen LogP contribution in [0.2, 0.25) is 0 Å². The number of aliphatic hydroxyl groups excluding tert-OH is 1. The van der Waals surface area contributed by atoms with Crippen LogP contribution in [0.3, 0.4) is 0 Å². The van der Waals surface area contributed by atoms with E-state index in [1.807, 2.05) is 13.8 Å². The first kappa shape index (κ1) is 25.5. The van der Waals surface area contributed by atoms with E-state index in [2.05, 4.69) is 5.32 Å². The Morgan fingerprint density at radius 3 is 2.32 bits per heavy atom. The minimum atomic E-state index is -0.936. The second-order valence-electron chi connectivity index (χ2n) is 8.87. The minimum absolute atomic E-state index is 0.0221. The molecule has 1 unspecified atom stereocenters. The molecule has 8 nitrogen and oxygen atoms in total. The summed E-state index contributed by atoms with van der Waals surface area (Å²) in [6.45, 7) is 5.20. The van der Waals surface area contributed by atoms with Gasteiger partial charge in [0.05, 0.1) is 24.8 Å². The standard InChI is InChI=1S/C29H28N2O6/c1-17(2)37-23-13-11-19(12-14-23)27(33)25-26(20-7-5-10-24(15-20)36-4)31(29(35)28(25)34)22-9-6-8-21(16-22)30-18(3)32/h5-17,26,33H,1-4H3,(H,30,32)/b27-25+. The summed E-state index contributed by atoms with van der Waals surface area (Å²) in [5, 5.41) is 14.0. The second kappa shape index (κ2) is 10.6. The van der Waals surface area contributed by atoms with Crippen molar-refractivity contribution in [2.45, 2.75) is 32.9 Å². The van der Waals surface area contributed by atoms with Gasteiger partial charge in [0.25, 0.3) is 11.7 Å². The largest absolute Gasteiger partial charge is 0.507 e. The lowest BCUT2D eigenvalue weighted by molar-refractivity contribution is -0.132. The molecule has 0 spiro atoms. The van der Waals surface area contributed by atoms with E-state index in [4.69, 9.17) is 9.47 Å². The lowest BCUT2D eigenvalue weighted by Crippen LogP contribution is -2.29. The Morgan fingerprint density at radius 2 is 1.68 bits per heavy atom. The van der Waals surface area contributed by atoms with Gasteiger partial charge < -0.3 is 19.9 Å². The van der Waals surface area contributed by atoms with E-state index in [1.165, 1.54) is 18.9 Å². The highest BCUT2D eigenvalue weighted by molar-refractivity contribution is 6.51. The molecule has 0 bridgehead atoms. The molecule has 2 amide bonds. The summed E-state index contributed by atoms with van der Waals surface area (Å²) in [4.78, 5) is 39.7. The molecule has 4 rings (SSSR count). The van der Waals surface area contributed by atoms with E-state index < -0.39 is 17.7 Å². The van der Waals surface area contributed by atoms with Gasteiger partial charge in [0, 0.05) is 23.9 Å². The first-order valence-corrected chi connectivity index (χ1v) is 11.8. The highest BCUT2D eigenvalue weighted by atomic mass is 16.5. The Labute approximate surface area is 215 Å². The van der Waals surface area contributed by atoms with E-state index in [0.717, 1.165) is 0 Å². The summed E-state index contributed by atoms with van der Waals surface area (Å²) >= 11 is 0. The fraction of sp³-hybridized carbons (Fsp3) is 0.207. The zero-order valence-corrected chi connectivity index (χ0v) is 21.0. The predicted octanol–water partition coefficient (Wildman–Crippen LogP) is 5.07. The molecule has 2 N–H and O–H groups in total. The van der Waals surface area contributed by atoms with Crippen molar-refractivity contribution in [2.24, 2.45) is 0 Å². The number of amides is 2. The molecule has 1 aliphatic rings. The Morgan fingerprint density at radius 1 is 0.973 bits per heavy atom. The molecule has 1 aliphatic heterocycles. The van der Waals surface area contributed by atoms with Crippen LogP contribution in [0.5, 0.6) is 11.5 Å². The molecule has 1 atom stereocenters. The number of nitrogens with zero attached hydrogens (tertiary/aromatic N) is 1. The number of methoxy groups -OCH3 is 1. The third kappa shape index (κ3) is 5.33. The average Bonchev–Trinajstić information content (AvgIpc) is 3.14. The third-order valence-corrected chi connectivity index (χ3v) is 5.80. The Kier molecular flexibility index (Phi) is 7.29. The molecule has 0 saturated carbocycles. The lowest BCUT2D eigenvalue weighted by atomic mass is 9.95. The smallest absolute Gasteiger partial charge is 0.300 e. The first-order chi connectivity index (χ1) is 17.7. The molecule has 3 aromatic rings. The van der Waals surface area contributed by atoms with E-state index in [-0.39, 0.29) is 23.3 Å². The van der Waals surface area contributed by atoms with Crippen molar-refractivity contribution in [1.29, 1.82) is 0 Å². The predicted molar refractivity (Wildman–Crippen MR) is 141 cm³/mol. The number of aliphatic hydroxyl groups is 1. The summed E-state index contributed by atoms with van der Waals surface area (Å²) in [5.41, 5.74) is 1.75. The van der Waals surface area contributed by atoms with Crippen LogP contribution in [-0.2, 0) is 14.4 Å². The van der Waals surface area contributed by atoms with Gasteiger partial charge in [0.2, 0.25) is 5.91 Å². The fourth-order valence-electron chi connectivity index (χ4n) is 4.28. The summed E-state index contributed by atoms with van der Waals surface area (Å²) in [7, 11) is 1.52. The van der Waals surface area contributed by atoms with Crippen LogP contribution in [0.25, 0.3) is 5.76 Å². The summed E-state index contributed by atoms with van der Waals surface area (Å²) < 4.78 is 11.0. The van der Waals surface area contributed by atoms with Crippen LogP contribution in [0.4, 0.5) is 11.4 Å². The maximum absolute atomic E-state index is 13.4. The maximum Gasteiger partial charge on any atom is 0.300 e. The van der Waals surface area contributed by atoms with Gasteiger partial charge in [-0.05, 0) is 74.0 Å². The molecule has 0 radical (unpaired) electrons. The van der Waals surface area contributed by atoms with Crippen LogP contribution < -0.4 is 19.7 Å². The SMILES string of the molecule is COc1cccc(C2/C(=C(\O)c3ccc(OC(C)C)cc3)C(=O)C(=O)N2c2cccc(NC(C)=O)c2)c1. The van der Waals surface area contributed by atoms with Crippen molar-refractivity contribution < 1.29 is 29.0 Å². The average molecular weight is 501 g/mol. The minimum Gasteiger partial charge on any atom is -0.507 e. The molecule has 1 fully saturated rings. The fourth-order valence-corrected chi connectivity index (χ4v) is 4.28. The lowest BCUT2D eigenvalue weighted by Gasteiger charge is -2.26. The van der Waals surface area contributed by atoms with Crippen LogP contribution in [-0.4, -0.2) is 35.9 Å². The topological polar surface area (TPSA) is 105 Å². The van der Waals surface area contributed by atoms with Gasteiger partial charge >= 0.3 is 0 Å². The van der Waals surface area contributed by atoms with E-state index in [0.29, 0.717) is 34.0 Å². The summed E-state index contributed by atoms with van der Waals surface area (Å²) in [6.07, 6.45) is -0.0221. The number of Topliss-reactive ketones (excluding diaryl/α,β-unsaturated/α-hetero) is 1. The van der Waals surface area contributed by atoms with Crippen molar-refractivity contribution in [1.82, 2.24) is 0 Å². The number of hydrogen-bond acceptors (Lipinski definition) is 6. The molecular formula is C29H28N2O6. The molecule has 1 heterocycles. The number of rotatable bonds is 7. The Hall–Kier alpha value is -4.59. The number of ether oxygens (including phenoxy) is 2. The summed E-state index contributed by atoms with van der Waals surface area (Å²) in [6, 6.07) is 19.4. The van der Waals surface area contributed by atoms with Gasteiger partial charge in [-0.3, -0.25) is 19.3 Å². The molecule has 37 heavy (non-hydrogen) atoms. The van der Waals surface area contributed by atoms with Gasteiger partial charge in [-0.25, -0.2) is 0 Å². The number of ketones is 1. The van der Waals surface area contributed by atoms with Crippen LogP contribution in [0.15, 0.2) is 78.4 Å². The molecule has 190 valence electrons. The summed E-state index contributed by atoms with van der Waals surface area (Å²) in [5.74, 6) is -1.04. The van der Waals surface area contributed by atoms with Crippen LogP contribution >= 0.6 is 0 Å². The number of benzene rings is 3. The number of carbonyl (C=O) groups is 3. The first-order valence-electron chi connectivity index (χ1n) is 11.8. The zero-order chi connectivity index (χ0) is 26.7. The maximum atomic E-state index is 13.4. The molecule has 0 aliphatic carbocycles. The highest BCUT2D eigenvalue weighted by Gasteiger charge is 2.47.